The van der Waals surface area contributed by atoms with E-state index in [9.17, 15) is 27.1 Å². The summed E-state index contributed by atoms with van der Waals surface area (Å²) in [5.41, 5.74) is 0. The number of nitrogens with one attached hydrogen (secondary N) is 1. The average Bonchev–Trinajstić information content (AvgIpc) is 2.69. The fourth-order valence-electron chi connectivity index (χ4n) is 3.23. The van der Waals surface area contributed by atoms with Gasteiger partial charge in [0.25, 0.3) is 0 Å². The van der Waals surface area contributed by atoms with Gasteiger partial charge in [-0.15, -0.1) is 0 Å². The molecule has 2 nitrogen and oxygen atoms in total. The van der Waals surface area contributed by atoms with Gasteiger partial charge in [0.1, 0.15) is 0 Å². The molecule has 0 radical (unpaired) electrons. The summed E-state index contributed by atoms with van der Waals surface area (Å²) in [7, 11) is 4.59. The lowest BCUT2D eigenvalue weighted by Gasteiger charge is -2.18. The Hall–Kier alpha value is -1.37. The molecule has 0 aromatic heterocycles. The number of benzene rings is 1. The van der Waals surface area contributed by atoms with Gasteiger partial charge in [-0.1, -0.05) is 65.2 Å². The number of quaternary nitrogens is 1. The van der Waals surface area contributed by atoms with E-state index >= 15 is 0 Å². The molecule has 170 valence electrons. The third kappa shape index (κ3) is 10.8. The molecule has 0 saturated heterocycles. The van der Waals surface area contributed by atoms with Crippen molar-refractivity contribution >= 4 is 0 Å². The van der Waals surface area contributed by atoms with Crippen molar-refractivity contribution in [3.8, 4) is 5.75 Å². The maximum Gasteiger partial charge on any atom is 0.200 e. The number of rotatable bonds is 12. The molecular weight excluding hydrogens is 389 g/mol. The molecule has 0 atom stereocenters. The molecule has 1 N–H and O–H groups in total. The van der Waals surface area contributed by atoms with Gasteiger partial charge in [-0.3, -0.25) is 0 Å². The topological polar surface area (TPSA) is 27.5 Å². The lowest BCUT2D eigenvalue weighted by molar-refractivity contribution is -0.862. The highest BCUT2D eigenvalue weighted by Gasteiger charge is 2.20. The van der Waals surface area contributed by atoms with Crippen LogP contribution in [0.2, 0.25) is 0 Å². The summed E-state index contributed by atoms with van der Waals surface area (Å²) in [6.07, 6.45) is 14.3. The smallest absolute Gasteiger partial charge is 0.200 e. The summed E-state index contributed by atoms with van der Waals surface area (Å²) >= 11 is 0. The summed E-state index contributed by atoms with van der Waals surface area (Å²) < 4.78 is 60.4. The van der Waals surface area contributed by atoms with Crippen molar-refractivity contribution in [2.75, 3.05) is 20.6 Å². The van der Waals surface area contributed by atoms with E-state index in [-0.39, 0.29) is 0 Å². The minimum atomic E-state index is -2.33. The quantitative estimate of drug-likeness (QED) is 0.213. The van der Waals surface area contributed by atoms with Crippen molar-refractivity contribution < 1.29 is 32.0 Å². The molecule has 0 spiro atoms. The first-order chi connectivity index (χ1) is 13.7. The number of halogens is 5. The highest BCUT2D eigenvalue weighted by molar-refractivity contribution is 5.26. The predicted octanol–water partition coefficient (Wildman–Crippen LogP) is 5.14. The minimum Gasteiger partial charge on any atom is -0.868 e. The van der Waals surface area contributed by atoms with Gasteiger partial charge in [0.2, 0.25) is 0 Å². The second-order valence-corrected chi connectivity index (χ2v) is 7.87. The van der Waals surface area contributed by atoms with E-state index in [1.54, 1.807) is 4.90 Å². The Morgan fingerprint density at radius 1 is 0.655 bits per heavy atom. The SMILES string of the molecule is CCCCCCC(CCCCCC)C[NH+](C)C.[O-]c1c(F)c(F)c(F)c(F)c1F. The Bertz CT molecular complexity index is 464. The predicted molar refractivity (Wildman–Crippen MR) is 104 cm³/mol. The van der Waals surface area contributed by atoms with Gasteiger partial charge >= 0.3 is 0 Å². The molecule has 1 aromatic rings. The molecule has 0 unspecified atom stereocenters. The first-order valence-corrected chi connectivity index (χ1v) is 10.6. The van der Waals surface area contributed by atoms with Crippen LogP contribution in [-0.4, -0.2) is 20.6 Å². The van der Waals surface area contributed by atoms with Gasteiger partial charge < -0.3 is 10.0 Å². The van der Waals surface area contributed by atoms with Gasteiger partial charge in [0.05, 0.1) is 20.6 Å². The van der Waals surface area contributed by atoms with Crippen LogP contribution in [0.15, 0.2) is 0 Å². The molecule has 0 saturated carbocycles. The zero-order valence-electron chi connectivity index (χ0n) is 18.2. The van der Waals surface area contributed by atoms with E-state index in [0.717, 1.165) is 5.92 Å². The Morgan fingerprint density at radius 3 is 1.38 bits per heavy atom. The van der Waals surface area contributed by atoms with E-state index in [1.807, 2.05) is 0 Å². The zero-order chi connectivity index (χ0) is 22.4. The molecule has 0 aliphatic heterocycles. The summed E-state index contributed by atoms with van der Waals surface area (Å²) in [6, 6.07) is 0. The second kappa shape index (κ2) is 15.5. The second-order valence-electron chi connectivity index (χ2n) is 7.87. The van der Waals surface area contributed by atoms with Crippen molar-refractivity contribution in [1.29, 1.82) is 0 Å². The van der Waals surface area contributed by atoms with Crippen LogP contribution in [0.5, 0.6) is 5.75 Å². The average molecular weight is 426 g/mol. The monoisotopic (exact) mass is 425 g/mol. The lowest BCUT2D eigenvalue weighted by atomic mass is 9.94. The van der Waals surface area contributed by atoms with Crippen LogP contribution in [0.4, 0.5) is 22.0 Å². The first kappa shape index (κ1) is 27.6. The highest BCUT2D eigenvalue weighted by atomic mass is 19.2. The Kier molecular flexibility index (Phi) is 14.7. The molecule has 0 heterocycles. The molecule has 0 fully saturated rings. The van der Waals surface area contributed by atoms with Crippen LogP contribution in [-0.2, 0) is 0 Å². The molecule has 1 rings (SSSR count). The summed E-state index contributed by atoms with van der Waals surface area (Å²) in [5.74, 6) is -12.6. The molecule has 0 amide bonds. The van der Waals surface area contributed by atoms with Crippen LogP contribution < -0.4 is 10.0 Å². The first-order valence-electron chi connectivity index (χ1n) is 10.6. The van der Waals surface area contributed by atoms with Crippen LogP contribution in [0.1, 0.15) is 78.1 Å². The van der Waals surface area contributed by atoms with Crippen molar-refractivity contribution in [3.05, 3.63) is 29.1 Å². The van der Waals surface area contributed by atoms with Crippen molar-refractivity contribution in [2.24, 2.45) is 5.92 Å². The zero-order valence-corrected chi connectivity index (χ0v) is 18.2. The molecule has 0 aliphatic rings. The van der Waals surface area contributed by atoms with Gasteiger partial charge in [0, 0.05) is 5.92 Å². The van der Waals surface area contributed by atoms with E-state index in [2.05, 4.69) is 27.9 Å². The van der Waals surface area contributed by atoms with E-state index in [0.29, 0.717) is 0 Å². The largest absolute Gasteiger partial charge is 0.868 e. The number of hydrogen-bond acceptors (Lipinski definition) is 1. The van der Waals surface area contributed by atoms with E-state index < -0.39 is 34.8 Å². The van der Waals surface area contributed by atoms with Gasteiger partial charge in [-0.25, -0.2) is 22.0 Å². The Balaban J connectivity index is 0.000000571. The third-order valence-electron chi connectivity index (χ3n) is 4.80. The summed E-state index contributed by atoms with van der Waals surface area (Å²) in [4.78, 5) is 1.63. The number of hydrogen-bond donors (Lipinski definition) is 1. The van der Waals surface area contributed by atoms with Crippen molar-refractivity contribution in [3.63, 3.8) is 0 Å². The van der Waals surface area contributed by atoms with Crippen molar-refractivity contribution in [2.45, 2.75) is 78.1 Å². The summed E-state index contributed by atoms with van der Waals surface area (Å²) in [6.45, 7) is 5.97. The molecule has 0 bridgehead atoms. The summed E-state index contributed by atoms with van der Waals surface area (Å²) in [5, 5.41) is 10.2. The van der Waals surface area contributed by atoms with Gasteiger partial charge in [0.15, 0.2) is 29.1 Å². The van der Waals surface area contributed by atoms with Crippen LogP contribution >= 0.6 is 0 Å². The van der Waals surface area contributed by atoms with Crippen LogP contribution in [0, 0.1) is 35.0 Å². The Morgan fingerprint density at radius 2 is 1.03 bits per heavy atom. The molecule has 1 aromatic carbocycles. The van der Waals surface area contributed by atoms with E-state index in [1.165, 1.54) is 70.8 Å². The molecular formula is C22H36F5NO. The Labute approximate surface area is 172 Å². The molecule has 7 heteroatoms. The third-order valence-corrected chi connectivity index (χ3v) is 4.80. The van der Waals surface area contributed by atoms with E-state index in [4.69, 9.17) is 0 Å². The normalized spacial score (nSPS) is 11.1. The number of unbranched alkanes of at least 4 members (excludes halogenated alkanes) is 6. The fraction of sp³-hybridized carbons (Fsp3) is 0.727. The maximum atomic E-state index is 12.1. The van der Waals surface area contributed by atoms with Crippen LogP contribution in [0.25, 0.3) is 0 Å². The minimum absolute atomic E-state index is 0.980. The van der Waals surface area contributed by atoms with Crippen LogP contribution in [0.3, 0.4) is 0 Å². The fourth-order valence-corrected chi connectivity index (χ4v) is 3.23. The molecule has 29 heavy (non-hydrogen) atoms. The van der Waals surface area contributed by atoms with Gasteiger partial charge in [-0.2, -0.15) is 0 Å². The maximum absolute atomic E-state index is 12.1. The lowest BCUT2D eigenvalue weighted by Crippen LogP contribution is -3.06. The van der Waals surface area contributed by atoms with Gasteiger partial charge in [-0.05, 0) is 18.6 Å². The molecule has 0 aliphatic carbocycles. The van der Waals surface area contributed by atoms with Crippen molar-refractivity contribution in [1.82, 2.24) is 0 Å². The highest BCUT2D eigenvalue weighted by Crippen LogP contribution is 2.25. The standard InChI is InChI=1S/C16H35N.C6HF5O/c1-5-7-9-11-13-16(15-17(3)4)14-12-10-8-6-2;7-1-2(8)4(10)6(12)5(11)3(1)9/h16H,5-15H2,1-4H3;12H.